The number of nitrogens with one attached hydrogen (secondary N) is 1. The second-order valence-electron chi connectivity index (χ2n) is 7.74. The number of benzene rings is 3. The third kappa shape index (κ3) is 6.13. The van der Waals surface area contributed by atoms with E-state index in [9.17, 15) is 17.6 Å². The summed E-state index contributed by atoms with van der Waals surface area (Å²) in [5.41, 5.74) is 0.900. The molecule has 0 unspecified atom stereocenters. The largest absolute Gasteiger partial charge is 0.493 e. The van der Waals surface area contributed by atoms with Crippen LogP contribution in [0.15, 0.2) is 65.6 Å². The Morgan fingerprint density at radius 2 is 1.69 bits per heavy atom. The molecule has 0 aromatic heterocycles. The molecule has 0 spiro atoms. The minimum Gasteiger partial charge on any atom is -0.493 e. The van der Waals surface area contributed by atoms with E-state index in [1.54, 1.807) is 42.5 Å². The highest BCUT2D eigenvalue weighted by Gasteiger charge is 2.23. The number of halogens is 1. The lowest BCUT2D eigenvalue weighted by Crippen LogP contribution is -2.29. The van der Waals surface area contributed by atoms with Crippen LogP contribution >= 0.6 is 0 Å². The van der Waals surface area contributed by atoms with Gasteiger partial charge in [0.2, 0.25) is 10.0 Å². The number of carbonyl (C=O) groups is 1. The number of amides is 1. The Morgan fingerprint density at radius 3 is 2.39 bits per heavy atom. The Balaban J connectivity index is 1.77. The predicted molar refractivity (Wildman–Crippen MR) is 135 cm³/mol. The average molecular weight is 517 g/mol. The summed E-state index contributed by atoms with van der Waals surface area (Å²) in [6.07, 6.45) is 0.378. The SMILES string of the molecule is CCOc1ccccc1N(C)C(=O)c1cc(S(=O)(=O)NCCc2ccc(OC)c(OC)c2)ccc1F. The first-order chi connectivity index (χ1) is 17.2. The highest BCUT2D eigenvalue weighted by molar-refractivity contribution is 7.89. The lowest BCUT2D eigenvalue weighted by atomic mass is 10.1. The fourth-order valence-corrected chi connectivity index (χ4v) is 4.64. The number of carbonyl (C=O) groups excluding carboxylic acids is 1. The van der Waals surface area contributed by atoms with Gasteiger partial charge in [-0.2, -0.15) is 0 Å². The van der Waals surface area contributed by atoms with E-state index in [0.717, 1.165) is 23.8 Å². The van der Waals surface area contributed by atoms with E-state index in [-0.39, 0.29) is 17.0 Å². The first-order valence-electron chi connectivity index (χ1n) is 11.2. The highest BCUT2D eigenvalue weighted by Crippen LogP contribution is 2.29. The topological polar surface area (TPSA) is 94.2 Å². The van der Waals surface area contributed by atoms with E-state index in [1.807, 2.05) is 6.92 Å². The van der Waals surface area contributed by atoms with Crippen LogP contribution in [0.4, 0.5) is 10.1 Å². The summed E-state index contributed by atoms with van der Waals surface area (Å²) >= 11 is 0. The average Bonchev–Trinajstić information content (AvgIpc) is 2.88. The van der Waals surface area contributed by atoms with Gasteiger partial charge in [-0.15, -0.1) is 0 Å². The molecule has 0 heterocycles. The molecule has 36 heavy (non-hydrogen) atoms. The van der Waals surface area contributed by atoms with Crippen LogP contribution in [-0.2, 0) is 16.4 Å². The molecule has 10 heteroatoms. The minimum atomic E-state index is -4.01. The van der Waals surface area contributed by atoms with Gasteiger partial charge in [-0.05, 0) is 61.4 Å². The molecule has 192 valence electrons. The first-order valence-corrected chi connectivity index (χ1v) is 12.7. The summed E-state index contributed by atoms with van der Waals surface area (Å²) < 4.78 is 58.9. The number of methoxy groups -OCH3 is 2. The van der Waals surface area contributed by atoms with Crippen LogP contribution in [0.5, 0.6) is 17.2 Å². The molecular weight excluding hydrogens is 487 g/mol. The van der Waals surface area contributed by atoms with Gasteiger partial charge in [0.1, 0.15) is 11.6 Å². The second kappa shape index (κ2) is 11.9. The van der Waals surface area contributed by atoms with Crippen molar-refractivity contribution in [1.82, 2.24) is 4.72 Å². The van der Waals surface area contributed by atoms with E-state index < -0.39 is 21.7 Å². The van der Waals surface area contributed by atoms with Crippen LogP contribution in [0.2, 0.25) is 0 Å². The number of rotatable bonds is 11. The summed E-state index contributed by atoms with van der Waals surface area (Å²) in [5.74, 6) is 0.0256. The maximum absolute atomic E-state index is 14.6. The maximum atomic E-state index is 14.6. The lowest BCUT2D eigenvalue weighted by Gasteiger charge is -2.21. The third-order valence-electron chi connectivity index (χ3n) is 5.46. The maximum Gasteiger partial charge on any atom is 0.261 e. The molecule has 0 aliphatic heterocycles. The zero-order chi connectivity index (χ0) is 26.3. The zero-order valence-corrected chi connectivity index (χ0v) is 21.4. The van der Waals surface area contributed by atoms with E-state index in [4.69, 9.17) is 14.2 Å². The molecule has 0 aliphatic rings. The van der Waals surface area contributed by atoms with Crippen molar-refractivity contribution in [1.29, 1.82) is 0 Å². The normalized spacial score (nSPS) is 11.1. The number of hydrogen-bond donors (Lipinski definition) is 1. The molecule has 3 aromatic carbocycles. The van der Waals surface area contributed by atoms with Crippen molar-refractivity contribution in [2.75, 3.05) is 39.3 Å². The minimum absolute atomic E-state index is 0.0834. The smallest absolute Gasteiger partial charge is 0.261 e. The van der Waals surface area contributed by atoms with Crippen molar-refractivity contribution in [3.8, 4) is 17.2 Å². The predicted octanol–water partition coefficient (Wildman–Crippen LogP) is 4.04. The van der Waals surface area contributed by atoms with Crippen LogP contribution in [-0.4, -0.2) is 48.7 Å². The fourth-order valence-electron chi connectivity index (χ4n) is 3.59. The molecule has 0 saturated carbocycles. The van der Waals surface area contributed by atoms with E-state index in [1.165, 1.54) is 26.2 Å². The number of hydrogen-bond acceptors (Lipinski definition) is 6. The van der Waals surface area contributed by atoms with E-state index >= 15 is 0 Å². The molecule has 8 nitrogen and oxygen atoms in total. The van der Waals surface area contributed by atoms with Gasteiger partial charge < -0.3 is 19.1 Å². The Morgan fingerprint density at radius 1 is 0.972 bits per heavy atom. The van der Waals surface area contributed by atoms with Crippen molar-refractivity contribution in [2.24, 2.45) is 0 Å². The lowest BCUT2D eigenvalue weighted by molar-refractivity contribution is 0.0988. The van der Waals surface area contributed by atoms with Gasteiger partial charge >= 0.3 is 0 Å². The number of nitrogens with zero attached hydrogens (tertiary/aromatic N) is 1. The van der Waals surface area contributed by atoms with Gasteiger partial charge in [-0.25, -0.2) is 17.5 Å². The van der Waals surface area contributed by atoms with Crippen molar-refractivity contribution in [3.63, 3.8) is 0 Å². The third-order valence-corrected chi connectivity index (χ3v) is 6.92. The molecule has 3 aromatic rings. The zero-order valence-electron chi connectivity index (χ0n) is 20.6. The van der Waals surface area contributed by atoms with Gasteiger partial charge in [0.15, 0.2) is 11.5 Å². The molecule has 0 saturated heterocycles. The second-order valence-corrected chi connectivity index (χ2v) is 9.51. The monoisotopic (exact) mass is 516 g/mol. The van der Waals surface area contributed by atoms with Crippen LogP contribution in [0.25, 0.3) is 0 Å². The van der Waals surface area contributed by atoms with Crippen molar-refractivity contribution >= 4 is 21.6 Å². The van der Waals surface area contributed by atoms with Crippen LogP contribution in [0.3, 0.4) is 0 Å². The Kier molecular flexibility index (Phi) is 8.89. The standard InChI is InChI=1S/C26H29FN2O6S/c1-5-35-23-9-7-6-8-22(23)29(2)26(30)20-17-19(11-12-21(20)27)36(31,32)28-15-14-18-10-13-24(33-3)25(16-18)34-4/h6-13,16-17,28H,5,14-15H2,1-4H3. The van der Waals surface area contributed by atoms with E-state index in [2.05, 4.69) is 4.72 Å². The summed E-state index contributed by atoms with van der Waals surface area (Å²) in [6.45, 7) is 2.28. The number of anilines is 1. The van der Waals surface area contributed by atoms with E-state index in [0.29, 0.717) is 36.0 Å². The molecule has 0 aliphatic carbocycles. The quantitative estimate of drug-likeness (QED) is 0.414. The molecule has 0 fully saturated rings. The van der Waals surface area contributed by atoms with Crippen molar-refractivity contribution < 1.29 is 31.8 Å². The first kappa shape index (κ1) is 27.0. The molecule has 0 bridgehead atoms. The molecule has 0 atom stereocenters. The summed E-state index contributed by atoms with van der Waals surface area (Å²) in [6, 6.07) is 15.3. The van der Waals surface area contributed by atoms with Crippen LogP contribution < -0.4 is 23.8 Å². The van der Waals surface area contributed by atoms with Gasteiger partial charge in [-0.3, -0.25) is 4.79 Å². The summed E-state index contributed by atoms with van der Waals surface area (Å²) in [5, 5.41) is 0. The number of ether oxygens (including phenoxy) is 3. The van der Waals surface area contributed by atoms with Crippen LogP contribution in [0, 0.1) is 5.82 Å². The van der Waals surface area contributed by atoms with Crippen LogP contribution in [0.1, 0.15) is 22.8 Å². The van der Waals surface area contributed by atoms with Gasteiger partial charge in [0, 0.05) is 13.6 Å². The molecular formula is C26H29FN2O6S. The van der Waals surface area contributed by atoms with Gasteiger partial charge in [0.25, 0.3) is 5.91 Å². The Labute approximate surface area is 210 Å². The summed E-state index contributed by atoms with van der Waals surface area (Å²) in [7, 11) is 0.517. The number of sulfonamides is 1. The number of para-hydroxylation sites is 2. The molecule has 1 amide bonds. The van der Waals surface area contributed by atoms with Crippen molar-refractivity contribution in [3.05, 3.63) is 77.6 Å². The molecule has 3 rings (SSSR count). The van der Waals surface area contributed by atoms with Gasteiger partial charge in [-0.1, -0.05) is 18.2 Å². The molecule has 0 radical (unpaired) electrons. The molecule has 1 N–H and O–H groups in total. The Hall–Kier alpha value is -3.63. The Bertz CT molecular complexity index is 1330. The fraction of sp³-hybridized carbons (Fsp3) is 0.269. The highest BCUT2D eigenvalue weighted by atomic mass is 32.2. The van der Waals surface area contributed by atoms with Gasteiger partial charge in [0.05, 0.1) is 37.0 Å². The summed E-state index contributed by atoms with van der Waals surface area (Å²) in [4.78, 5) is 14.1. The van der Waals surface area contributed by atoms with Crippen molar-refractivity contribution in [2.45, 2.75) is 18.2 Å².